The second kappa shape index (κ2) is 6.52. The maximum atomic E-state index is 13.8. The van der Waals surface area contributed by atoms with Crippen LogP contribution in [0.2, 0.25) is 0 Å². The molecule has 0 unspecified atom stereocenters. The largest absolute Gasteiger partial charge is 0.363 e. The summed E-state index contributed by atoms with van der Waals surface area (Å²) in [6.07, 6.45) is 0. The summed E-state index contributed by atoms with van der Waals surface area (Å²) >= 11 is 3.20. The number of rotatable bonds is 4. The molecular weight excluding hydrogens is 323 g/mol. The molecule has 5 heteroatoms. The van der Waals surface area contributed by atoms with Gasteiger partial charge < -0.3 is 10.2 Å². The monoisotopic (exact) mass is 336 g/mol. The fourth-order valence-corrected chi connectivity index (χ4v) is 2.15. The number of nitrogens with zero attached hydrogens (tertiary/aromatic N) is 1. The fraction of sp³-hybridized carbons (Fsp3) is 0.133. The summed E-state index contributed by atoms with van der Waals surface area (Å²) in [4.78, 5) is 13.5. The lowest BCUT2D eigenvalue weighted by Crippen LogP contribution is -2.30. The van der Waals surface area contributed by atoms with Crippen LogP contribution in [0.15, 0.2) is 53.0 Å². The van der Waals surface area contributed by atoms with Gasteiger partial charge in [0.05, 0.1) is 12.2 Å². The molecule has 0 heterocycles. The van der Waals surface area contributed by atoms with E-state index < -0.39 is 0 Å². The highest BCUT2D eigenvalue weighted by Gasteiger charge is 2.11. The minimum atomic E-state index is -0.366. The molecule has 20 heavy (non-hydrogen) atoms. The molecule has 0 saturated carbocycles. The van der Waals surface area contributed by atoms with Crippen molar-refractivity contribution >= 4 is 33.2 Å². The molecule has 0 atom stereocenters. The summed E-state index contributed by atoms with van der Waals surface area (Å²) in [5, 5.41) is 2.76. The van der Waals surface area contributed by atoms with Crippen molar-refractivity contribution in [2.75, 3.05) is 23.8 Å². The number of benzene rings is 2. The van der Waals surface area contributed by atoms with Gasteiger partial charge in [0.1, 0.15) is 5.82 Å². The SMILES string of the molecule is CN(CC(=O)Nc1ccccc1)c1ccc(Br)cc1F. The second-order valence-electron chi connectivity index (χ2n) is 4.37. The van der Waals surface area contributed by atoms with Crippen molar-refractivity contribution in [2.45, 2.75) is 0 Å². The number of hydrogen-bond acceptors (Lipinski definition) is 2. The van der Waals surface area contributed by atoms with Crippen LogP contribution >= 0.6 is 15.9 Å². The Hall–Kier alpha value is -1.88. The van der Waals surface area contributed by atoms with Gasteiger partial charge in [-0.15, -0.1) is 0 Å². The van der Waals surface area contributed by atoms with Crippen LogP contribution in [-0.4, -0.2) is 19.5 Å². The van der Waals surface area contributed by atoms with E-state index in [9.17, 15) is 9.18 Å². The van der Waals surface area contributed by atoms with E-state index in [0.717, 1.165) is 5.69 Å². The minimum Gasteiger partial charge on any atom is -0.363 e. The number of hydrogen-bond donors (Lipinski definition) is 1. The highest BCUT2D eigenvalue weighted by atomic mass is 79.9. The summed E-state index contributed by atoms with van der Waals surface area (Å²) in [5.74, 6) is -0.560. The summed E-state index contributed by atoms with van der Waals surface area (Å²) in [6.45, 7) is 0.0768. The quantitative estimate of drug-likeness (QED) is 0.923. The molecule has 0 fully saturated rings. The maximum Gasteiger partial charge on any atom is 0.243 e. The zero-order valence-corrected chi connectivity index (χ0v) is 12.5. The Morgan fingerprint density at radius 3 is 2.60 bits per heavy atom. The van der Waals surface area contributed by atoms with Crippen LogP contribution in [0.5, 0.6) is 0 Å². The van der Waals surface area contributed by atoms with Crippen molar-refractivity contribution in [3.63, 3.8) is 0 Å². The van der Waals surface area contributed by atoms with E-state index in [0.29, 0.717) is 10.2 Å². The molecule has 0 spiro atoms. The van der Waals surface area contributed by atoms with Crippen molar-refractivity contribution in [2.24, 2.45) is 0 Å². The number of halogens is 2. The smallest absolute Gasteiger partial charge is 0.243 e. The lowest BCUT2D eigenvalue weighted by atomic mass is 10.2. The van der Waals surface area contributed by atoms with E-state index in [1.807, 2.05) is 18.2 Å². The number of nitrogens with one attached hydrogen (secondary N) is 1. The van der Waals surface area contributed by atoms with E-state index in [-0.39, 0.29) is 18.3 Å². The van der Waals surface area contributed by atoms with E-state index in [2.05, 4.69) is 21.2 Å². The molecule has 0 saturated heterocycles. The van der Waals surface area contributed by atoms with Gasteiger partial charge in [0.2, 0.25) is 5.91 Å². The molecule has 0 aliphatic rings. The zero-order valence-electron chi connectivity index (χ0n) is 10.9. The van der Waals surface area contributed by atoms with Crippen LogP contribution in [0.1, 0.15) is 0 Å². The Morgan fingerprint density at radius 1 is 1.25 bits per heavy atom. The van der Waals surface area contributed by atoms with E-state index in [1.165, 1.54) is 6.07 Å². The summed E-state index contributed by atoms with van der Waals surface area (Å²) in [5.41, 5.74) is 1.11. The van der Waals surface area contributed by atoms with Crippen LogP contribution in [0, 0.1) is 5.82 Å². The average Bonchev–Trinajstić information content (AvgIpc) is 2.39. The normalized spacial score (nSPS) is 10.2. The maximum absolute atomic E-state index is 13.8. The number of likely N-dealkylation sites (N-methyl/N-ethyl adjacent to an activating group) is 1. The van der Waals surface area contributed by atoms with Crippen molar-refractivity contribution in [3.05, 3.63) is 58.8 Å². The molecule has 3 nitrogen and oxygen atoms in total. The molecule has 1 N–H and O–H groups in total. The van der Waals surface area contributed by atoms with E-state index in [4.69, 9.17) is 0 Å². The number of para-hydroxylation sites is 1. The molecule has 0 aliphatic carbocycles. The van der Waals surface area contributed by atoms with Crippen LogP contribution in [0.4, 0.5) is 15.8 Å². The van der Waals surface area contributed by atoms with Crippen LogP contribution in [0.25, 0.3) is 0 Å². The summed E-state index contributed by atoms with van der Waals surface area (Å²) in [7, 11) is 1.68. The molecule has 0 radical (unpaired) electrons. The van der Waals surface area contributed by atoms with Gasteiger partial charge in [-0.05, 0) is 30.3 Å². The van der Waals surface area contributed by atoms with Crippen LogP contribution < -0.4 is 10.2 Å². The molecule has 2 aromatic carbocycles. The van der Waals surface area contributed by atoms with Gasteiger partial charge in [0, 0.05) is 17.2 Å². The average molecular weight is 337 g/mol. The Morgan fingerprint density at radius 2 is 1.95 bits per heavy atom. The first-order valence-electron chi connectivity index (χ1n) is 6.07. The van der Waals surface area contributed by atoms with E-state index >= 15 is 0 Å². The second-order valence-corrected chi connectivity index (χ2v) is 5.28. The van der Waals surface area contributed by atoms with Crippen LogP contribution in [-0.2, 0) is 4.79 Å². The van der Waals surface area contributed by atoms with Gasteiger partial charge in [0.15, 0.2) is 0 Å². The molecule has 1 amide bonds. The first-order chi connectivity index (χ1) is 9.56. The third kappa shape index (κ3) is 3.81. The minimum absolute atomic E-state index is 0.0768. The molecule has 0 bridgehead atoms. The predicted octanol–water partition coefficient (Wildman–Crippen LogP) is 3.66. The number of carbonyl (C=O) groups excluding carboxylic acids is 1. The first-order valence-corrected chi connectivity index (χ1v) is 6.86. The predicted molar refractivity (Wildman–Crippen MR) is 82.4 cm³/mol. The Bertz CT molecular complexity index is 604. The first kappa shape index (κ1) is 14.5. The molecule has 0 aliphatic heterocycles. The van der Waals surface area contributed by atoms with E-state index in [1.54, 1.807) is 36.2 Å². The third-order valence-electron chi connectivity index (χ3n) is 2.76. The van der Waals surface area contributed by atoms with Gasteiger partial charge in [-0.3, -0.25) is 4.79 Å². The Balaban J connectivity index is 2.00. The highest BCUT2D eigenvalue weighted by molar-refractivity contribution is 9.10. The van der Waals surface area contributed by atoms with Gasteiger partial charge in [-0.2, -0.15) is 0 Å². The van der Waals surface area contributed by atoms with Gasteiger partial charge >= 0.3 is 0 Å². The Kier molecular flexibility index (Phi) is 4.74. The molecule has 0 aromatic heterocycles. The molecule has 2 rings (SSSR count). The topological polar surface area (TPSA) is 32.3 Å². The lowest BCUT2D eigenvalue weighted by molar-refractivity contribution is -0.114. The number of anilines is 2. The van der Waals surface area contributed by atoms with Crippen molar-refractivity contribution < 1.29 is 9.18 Å². The Labute approximate surface area is 125 Å². The van der Waals surface area contributed by atoms with Crippen LogP contribution in [0.3, 0.4) is 0 Å². The molecule has 104 valence electrons. The standard InChI is InChI=1S/C15H14BrFN2O/c1-19(14-8-7-11(16)9-13(14)17)10-15(20)18-12-5-3-2-4-6-12/h2-9H,10H2,1H3,(H,18,20). The molecular formula is C15H14BrFN2O. The summed E-state index contributed by atoms with van der Waals surface area (Å²) in [6, 6.07) is 13.9. The third-order valence-corrected chi connectivity index (χ3v) is 3.25. The van der Waals surface area contributed by atoms with Gasteiger partial charge in [0.25, 0.3) is 0 Å². The fourth-order valence-electron chi connectivity index (χ4n) is 1.81. The van der Waals surface area contributed by atoms with Crippen molar-refractivity contribution in [3.8, 4) is 0 Å². The molecule has 2 aromatic rings. The summed E-state index contributed by atoms with van der Waals surface area (Å²) < 4.78 is 14.4. The lowest BCUT2D eigenvalue weighted by Gasteiger charge is -2.19. The zero-order chi connectivity index (χ0) is 14.5. The van der Waals surface area contributed by atoms with Crippen molar-refractivity contribution in [1.82, 2.24) is 0 Å². The van der Waals surface area contributed by atoms with Gasteiger partial charge in [-0.1, -0.05) is 34.1 Å². The number of carbonyl (C=O) groups is 1. The van der Waals surface area contributed by atoms with Gasteiger partial charge in [-0.25, -0.2) is 4.39 Å². The highest BCUT2D eigenvalue weighted by Crippen LogP contribution is 2.22. The van der Waals surface area contributed by atoms with Crippen molar-refractivity contribution in [1.29, 1.82) is 0 Å². The number of amides is 1.